The van der Waals surface area contributed by atoms with Gasteiger partial charge in [-0.25, -0.2) is 4.79 Å². The molecule has 5 nitrogen and oxygen atoms in total. The average Bonchev–Trinajstić information content (AvgIpc) is 2.66. The van der Waals surface area contributed by atoms with Crippen molar-refractivity contribution in [2.75, 3.05) is 5.32 Å². The fraction of sp³-hybridized carbons (Fsp3) is 0.143. The van der Waals surface area contributed by atoms with Crippen molar-refractivity contribution in [2.24, 2.45) is 0 Å². The summed E-state index contributed by atoms with van der Waals surface area (Å²) in [5.74, 6) is -1.38. The molecule has 3 N–H and O–H groups in total. The first-order chi connectivity index (χ1) is 9.00. The van der Waals surface area contributed by atoms with E-state index in [-0.39, 0.29) is 11.6 Å². The van der Waals surface area contributed by atoms with Crippen molar-refractivity contribution in [3.8, 4) is 0 Å². The predicted octanol–water partition coefficient (Wildman–Crippen LogP) is 2.58. The minimum absolute atomic E-state index is 0.0516. The highest BCUT2D eigenvalue weighted by atomic mass is 16.4. The van der Waals surface area contributed by atoms with Crippen molar-refractivity contribution < 1.29 is 14.7 Å². The molecule has 1 amide bonds. The van der Waals surface area contributed by atoms with Gasteiger partial charge in [0, 0.05) is 11.4 Å². The van der Waals surface area contributed by atoms with Crippen LogP contribution in [0.5, 0.6) is 0 Å². The molecule has 0 spiro atoms. The Bertz CT molecular complexity index is 630. The lowest BCUT2D eigenvalue weighted by molar-refractivity contribution is 0.0690. The molecule has 1 heterocycles. The molecule has 0 aliphatic heterocycles. The molecule has 5 heteroatoms. The van der Waals surface area contributed by atoms with Gasteiger partial charge >= 0.3 is 5.97 Å². The summed E-state index contributed by atoms with van der Waals surface area (Å²) >= 11 is 0. The van der Waals surface area contributed by atoms with Gasteiger partial charge in [-0.15, -0.1) is 0 Å². The van der Waals surface area contributed by atoms with Crippen LogP contribution < -0.4 is 5.32 Å². The van der Waals surface area contributed by atoms with Gasteiger partial charge in [-0.2, -0.15) is 0 Å². The van der Waals surface area contributed by atoms with Crippen LogP contribution in [0.1, 0.15) is 32.1 Å². The molecule has 2 aromatic rings. The van der Waals surface area contributed by atoms with E-state index in [0.29, 0.717) is 22.5 Å². The average molecular weight is 258 g/mol. The zero-order valence-corrected chi connectivity index (χ0v) is 10.7. The third kappa shape index (κ3) is 2.49. The lowest BCUT2D eigenvalue weighted by Crippen LogP contribution is -2.13. The summed E-state index contributed by atoms with van der Waals surface area (Å²) in [5, 5.41) is 11.8. The first kappa shape index (κ1) is 12.9. The molecule has 19 heavy (non-hydrogen) atoms. The zero-order chi connectivity index (χ0) is 14.0. The number of hydrogen-bond acceptors (Lipinski definition) is 2. The zero-order valence-electron chi connectivity index (χ0n) is 10.7. The van der Waals surface area contributed by atoms with Crippen molar-refractivity contribution >= 4 is 17.6 Å². The highest BCUT2D eigenvalue weighted by molar-refractivity contribution is 6.08. The van der Waals surface area contributed by atoms with Crippen LogP contribution in [0.15, 0.2) is 30.3 Å². The van der Waals surface area contributed by atoms with Gasteiger partial charge in [0.2, 0.25) is 0 Å². The van der Waals surface area contributed by atoms with E-state index in [1.807, 2.05) is 18.2 Å². The van der Waals surface area contributed by atoms with E-state index in [0.717, 1.165) is 0 Å². The number of carboxylic acids is 1. The fourth-order valence-corrected chi connectivity index (χ4v) is 2.02. The van der Waals surface area contributed by atoms with E-state index in [1.54, 1.807) is 26.0 Å². The number of benzene rings is 1. The number of anilines is 1. The maximum Gasteiger partial charge on any atom is 0.352 e. The van der Waals surface area contributed by atoms with Crippen LogP contribution in [0.2, 0.25) is 0 Å². The van der Waals surface area contributed by atoms with E-state index >= 15 is 0 Å². The van der Waals surface area contributed by atoms with Crippen LogP contribution >= 0.6 is 0 Å². The number of carbonyl (C=O) groups is 2. The van der Waals surface area contributed by atoms with Gasteiger partial charge in [-0.3, -0.25) is 4.79 Å². The Morgan fingerprint density at radius 2 is 1.79 bits per heavy atom. The topological polar surface area (TPSA) is 82.2 Å². The second-order valence-corrected chi connectivity index (χ2v) is 4.25. The number of para-hydroxylation sites is 1. The molecule has 0 unspecified atom stereocenters. The van der Waals surface area contributed by atoms with Gasteiger partial charge in [0.25, 0.3) is 5.91 Å². The van der Waals surface area contributed by atoms with Crippen molar-refractivity contribution in [3.63, 3.8) is 0 Å². The number of aromatic carboxylic acids is 1. The van der Waals surface area contributed by atoms with Crippen molar-refractivity contribution in [3.05, 3.63) is 52.8 Å². The maximum atomic E-state index is 12.2. The van der Waals surface area contributed by atoms with Gasteiger partial charge in [-0.1, -0.05) is 18.2 Å². The van der Waals surface area contributed by atoms with Crippen LogP contribution in [0.25, 0.3) is 0 Å². The third-order valence-electron chi connectivity index (χ3n) is 2.91. The quantitative estimate of drug-likeness (QED) is 0.791. The summed E-state index contributed by atoms with van der Waals surface area (Å²) in [6, 6.07) is 9.02. The molecule has 0 radical (unpaired) electrons. The van der Waals surface area contributed by atoms with E-state index in [2.05, 4.69) is 10.3 Å². The van der Waals surface area contributed by atoms with Crippen molar-refractivity contribution in [2.45, 2.75) is 13.8 Å². The van der Waals surface area contributed by atoms with Gasteiger partial charge in [0.05, 0.1) is 5.56 Å². The second kappa shape index (κ2) is 4.97. The highest BCUT2D eigenvalue weighted by Gasteiger charge is 2.21. The van der Waals surface area contributed by atoms with Gasteiger partial charge in [0.1, 0.15) is 5.69 Å². The Morgan fingerprint density at radius 1 is 1.16 bits per heavy atom. The lowest BCUT2D eigenvalue weighted by atomic mass is 10.1. The van der Waals surface area contributed by atoms with Gasteiger partial charge in [0.15, 0.2) is 0 Å². The summed E-state index contributed by atoms with van der Waals surface area (Å²) < 4.78 is 0. The van der Waals surface area contributed by atoms with Crippen molar-refractivity contribution in [1.29, 1.82) is 0 Å². The molecule has 0 atom stereocenters. The molecule has 1 aromatic carbocycles. The van der Waals surface area contributed by atoms with E-state index < -0.39 is 5.97 Å². The summed E-state index contributed by atoms with van der Waals surface area (Å²) in [5.41, 5.74) is 2.09. The van der Waals surface area contributed by atoms with Crippen LogP contribution in [-0.4, -0.2) is 22.0 Å². The second-order valence-electron chi connectivity index (χ2n) is 4.25. The first-order valence-corrected chi connectivity index (χ1v) is 5.79. The standard InChI is InChI=1S/C14H14N2O3/c1-8-11(9(2)15-12(8)14(18)19)13(17)16-10-6-4-3-5-7-10/h3-7,15H,1-2H3,(H,16,17)(H,18,19). The number of rotatable bonds is 3. The maximum absolute atomic E-state index is 12.2. The Hall–Kier alpha value is -2.56. The number of nitrogens with one attached hydrogen (secondary N) is 2. The molecule has 0 saturated carbocycles. The van der Waals surface area contributed by atoms with Crippen molar-refractivity contribution in [1.82, 2.24) is 4.98 Å². The fourth-order valence-electron chi connectivity index (χ4n) is 2.02. The van der Waals surface area contributed by atoms with E-state index in [4.69, 9.17) is 5.11 Å². The summed E-state index contributed by atoms with van der Waals surface area (Å²) in [6.07, 6.45) is 0. The summed E-state index contributed by atoms with van der Waals surface area (Å²) in [4.78, 5) is 25.9. The Kier molecular flexibility index (Phi) is 3.37. The molecule has 0 aliphatic carbocycles. The first-order valence-electron chi connectivity index (χ1n) is 5.79. The molecule has 0 aliphatic rings. The Labute approximate surface area is 110 Å². The van der Waals surface area contributed by atoms with Crippen LogP contribution in [0.4, 0.5) is 5.69 Å². The summed E-state index contributed by atoms with van der Waals surface area (Å²) in [6.45, 7) is 3.30. The SMILES string of the molecule is Cc1[nH]c(C(=O)O)c(C)c1C(=O)Nc1ccccc1. The smallest absolute Gasteiger partial charge is 0.352 e. The molecule has 0 fully saturated rings. The monoisotopic (exact) mass is 258 g/mol. The highest BCUT2D eigenvalue weighted by Crippen LogP contribution is 2.19. The minimum atomic E-state index is -1.07. The van der Waals surface area contributed by atoms with Gasteiger partial charge < -0.3 is 15.4 Å². The van der Waals surface area contributed by atoms with Crippen LogP contribution in [-0.2, 0) is 0 Å². The number of amides is 1. The minimum Gasteiger partial charge on any atom is -0.477 e. The number of aromatic nitrogens is 1. The molecule has 0 saturated heterocycles. The van der Waals surface area contributed by atoms with E-state index in [9.17, 15) is 9.59 Å². The molecular weight excluding hydrogens is 244 g/mol. The number of hydrogen-bond donors (Lipinski definition) is 3. The largest absolute Gasteiger partial charge is 0.477 e. The number of carboxylic acid groups (broad SMARTS) is 1. The lowest BCUT2D eigenvalue weighted by Gasteiger charge is -2.05. The molecule has 2 rings (SSSR count). The predicted molar refractivity (Wildman–Crippen MR) is 71.6 cm³/mol. The molecule has 98 valence electrons. The number of aromatic amines is 1. The number of aryl methyl sites for hydroxylation is 1. The number of H-pyrrole nitrogens is 1. The third-order valence-corrected chi connectivity index (χ3v) is 2.91. The van der Waals surface area contributed by atoms with Crippen LogP contribution in [0.3, 0.4) is 0 Å². The van der Waals surface area contributed by atoms with Crippen LogP contribution in [0, 0.1) is 13.8 Å². The Balaban J connectivity index is 2.32. The molecular formula is C14H14N2O3. The Morgan fingerprint density at radius 3 is 2.32 bits per heavy atom. The number of carbonyl (C=O) groups excluding carboxylic acids is 1. The molecule has 1 aromatic heterocycles. The van der Waals surface area contributed by atoms with Gasteiger partial charge in [-0.05, 0) is 31.5 Å². The van der Waals surface area contributed by atoms with E-state index in [1.165, 1.54) is 0 Å². The summed E-state index contributed by atoms with van der Waals surface area (Å²) in [7, 11) is 0. The molecule has 0 bridgehead atoms. The normalized spacial score (nSPS) is 10.2.